The lowest BCUT2D eigenvalue weighted by Crippen LogP contribution is -2.43. The van der Waals surface area contributed by atoms with E-state index in [1.54, 1.807) is 19.1 Å². The third-order valence-electron chi connectivity index (χ3n) is 6.66. The molecule has 1 fully saturated rings. The minimum atomic E-state index is -3.67. The number of piperidine rings is 1. The molecule has 1 amide bonds. The van der Waals surface area contributed by atoms with Gasteiger partial charge < -0.3 is 10.1 Å². The maximum Gasteiger partial charge on any atom is 0.387 e. The summed E-state index contributed by atoms with van der Waals surface area (Å²) in [5, 5.41) is 2.91. The molecule has 1 atom stereocenters. The number of nitrogens with zero attached hydrogens (tertiary/aromatic N) is 1. The molecule has 0 bridgehead atoms. The Kier molecular flexibility index (Phi) is 7.98. The van der Waals surface area contributed by atoms with Gasteiger partial charge in [-0.15, -0.1) is 0 Å². The number of carbonyl (C=O) groups is 1. The molecule has 1 aliphatic heterocycles. The van der Waals surface area contributed by atoms with E-state index in [-0.39, 0.29) is 30.7 Å². The molecule has 1 heterocycles. The SMILES string of the molecule is Cc1cc(C)c(C)c(S(=O)(=O)N2CCC(C(=O)NC(C)c3cccc(OC(F)F)c3)CC2)c1C. The highest BCUT2D eigenvalue weighted by molar-refractivity contribution is 7.89. The van der Waals surface area contributed by atoms with Gasteiger partial charge in [-0.3, -0.25) is 4.79 Å². The van der Waals surface area contributed by atoms with Gasteiger partial charge in [0, 0.05) is 19.0 Å². The minimum absolute atomic E-state index is 0.0316. The zero-order valence-corrected chi connectivity index (χ0v) is 21.0. The number of ether oxygens (including phenoxy) is 1. The summed E-state index contributed by atoms with van der Waals surface area (Å²) in [6, 6.07) is 7.82. The van der Waals surface area contributed by atoms with Gasteiger partial charge in [0.25, 0.3) is 0 Å². The topological polar surface area (TPSA) is 75.7 Å². The summed E-state index contributed by atoms with van der Waals surface area (Å²) in [6.45, 7) is 6.86. The molecule has 1 N–H and O–H groups in total. The van der Waals surface area contributed by atoms with E-state index >= 15 is 0 Å². The highest BCUT2D eigenvalue weighted by Gasteiger charge is 2.34. The molecule has 9 heteroatoms. The van der Waals surface area contributed by atoms with Crippen molar-refractivity contribution in [1.29, 1.82) is 0 Å². The molecular weight excluding hydrogens is 462 g/mol. The van der Waals surface area contributed by atoms with Crippen molar-refractivity contribution in [2.75, 3.05) is 13.1 Å². The Bertz CT molecular complexity index is 1130. The standard InChI is InChI=1S/C25H32F2N2O4S/c1-15-13-16(2)18(4)23(17(15)3)34(31,32)29-11-9-20(10-12-29)24(30)28-19(5)21-7-6-8-22(14-21)33-25(26)27/h6-8,13-14,19-20,25H,9-12H2,1-5H3,(H,28,30). The molecule has 0 saturated carbocycles. The second-order valence-electron chi connectivity index (χ2n) is 8.95. The van der Waals surface area contributed by atoms with Gasteiger partial charge in [0.15, 0.2) is 0 Å². The number of benzene rings is 2. The predicted octanol–water partition coefficient (Wildman–Crippen LogP) is 4.80. The molecule has 1 saturated heterocycles. The summed E-state index contributed by atoms with van der Waals surface area (Å²) in [5.41, 5.74) is 4.04. The van der Waals surface area contributed by atoms with Crippen molar-refractivity contribution in [3.05, 3.63) is 58.1 Å². The Labute approximate surface area is 200 Å². The molecule has 0 radical (unpaired) electrons. The number of aryl methyl sites for hydroxylation is 2. The van der Waals surface area contributed by atoms with Crippen LogP contribution in [0, 0.1) is 33.6 Å². The number of hydrogen-bond acceptors (Lipinski definition) is 4. The van der Waals surface area contributed by atoms with Gasteiger partial charge in [-0.2, -0.15) is 13.1 Å². The van der Waals surface area contributed by atoms with Crippen LogP contribution in [0.15, 0.2) is 35.2 Å². The Morgan fingerprint density at radius 3 is 2.21 bits per heavy atom. The van der Waals surface area contributed by atoms with E-state index in [2.05, 4.69) is 10.1 Å². The normalized spacial score (nSPS) is 16.5. The monoisotopic (exact) mass is 494 g/mol. The Hall–Kier alpha value is -2.52. The van der Waals surface area contributed by atoms with E-state index in [0.717, 1.165) is 22.3 Å². The first-order valence-electron chi connectivity index (χ1n) is 11.3. The summed E-state index contributed by atoms with van der Waals surface area (Å²) in [5.74, 6) is -0.469. The molecular formula is C25H32F2N2O4S. The van der Waals surface area contributed by atoms with Crippen LogP contribution in [-0.2, 0) is 14.8 Å². The van der Waals surface area contributed by atoms with Gasteiger partial charge in [-0.05, 0) is 87.4 Å². The lowest BCUT2D eigenvalue weighted by molar-refractivity contribution is -0.126. The number of hydrogen-bond donors (Lipinski definition) is 1. The second kappa shape index (κ2) is 10.4. The molecule has 1 unspecified atom stereocenters. The Morgan fingerprint density at radius 2 is 1.65 bits per heavy atom. The van der Waals surface area contributed by atoms with Crippen molar-refractivity contribution >= 4 is 15.9 Å². The van der Waals surface area contributed by atoms with Gasteiger partial charge >= 0.3 is 6.61 Å². The summed E-state index contributed by atoms with van der Waals surface area (Å²) in [6.07, 6.45) is 0.824. The second-order valence-corrected chi connectivity index (χ2v) is 10.8. The van der Waals surface area contributed by atoms with Crippen molar-refractivity contribution in [3.8, 4) is 5.75 Å². The van der Waals surface area contributed by atoms with Crippen molar-refractivity contribution < 1.29 is 26.7 Å². The summed E-state index contributed by atoms with van der Waals surface area (Å²) in [4.78, 5) is 13.2. The number of sulfonamides is 1. The van der Waals surface area contributed by atoms with Gasteiger partial charge in [0.1, 0.15) is 5.75 Å². The van der Waals surface area contributed by atoms with Crippen LogP contribution < -0.4 is 10.1 Å². The number of carbonyl (C=O) groups excluding carboxylic acids is 1. The van der Waals surface area contributed by atoms with Crippen molar-refractivity contribution in [2.45, 2.75) is 65.0 Å². The first-order chi connectivity index (χ1) is 15.9. The Balaban J connectivity index is 1.65. The van der Waals surface area contributed by atoms with Crippen LogP contribution >= 0.6 is 0 Å². The average molecular weight is 495 g/mol. The quantitative estimate of drug-likeness (QED) is 0.600. The molecule has 6 nitrogen and oxygen atoms in total. The molecule has 1 aliphatic rings. The van der Waals surface area contributed by atoms with Crippen LogP contribution in [0.3, 0.4) is 0 Å². The highest BCUT2D eigenvalue weighted by Crippen LogP contribution is 2.31. The molecule has 0 aliphatic carbocycles. The van der Waals surface area contributed by atoms with Crippen LogP contribution in [-0.4, -0.2) is 38.3 Å². The van der Waals surface area contributed by atoms with Crippen LogP contribution in [0.2, 0.25) is 0 Å². The number of amides is 1. The maximum atomic E-state index is 13.4. The van der Waals surface area contributed by atoms with Crippen LogP contribution in [0.1, 0.15) is 53.6 Å². The van der Waals surface area contributed by atoms with Gasteiger partial charge in [0.05, 0.1) is 10.9 Å². The number of halogens is 2. The first kappa shape index (κ1) is 26.1. The molecule has 186 valence electrons. The molecule has 0 spiro atoms. The number of nitrogens with one attached hydrogen (secondary N) is 1. The van der Waals surface area contributed by atoms with Gasteiger partial charge in [0.2, 0.25) is 15.9 Å². The van der Waals surface area contributed by atoms with Crippen LogP contribution in [0.4, 0.5) is 8.78 Å². The van der Waals surface area contributed by atoms with Crippen molar-refractivity contribution in [1.82, 2.24) is 9.62 Å². The lowest BCUT2D eigenvalue weighted by Gasteiger charge is -2.32. The van der Waals surface area contributed by atoms with E-state index in [1.807, 2.05) is 33.8 Å². The van der Waals surface area contributed by atoms with E-state index in [1.165, 1.54) is 16.4 Å². The third-order valence-corrected chi connectivity index (χ3v) is 8.84. The number of alkyl halides is 2. The molecule has 0 aromatic heterocycles. The highest BCUT2D eigenvalue weighted by atomic mass is 32.2. The number of rotatable bonds is 7. The van der Waals surface area contributed by atoms with E-state index in [0.29, 0.717) is 23.3 Å². The Morgan fingerprint density at radius 1 is 1.06 bits per heavy atom. The van der Waals surface area contributed by atoms with Crippen molar-refractivity contribution in [3.63, 3.8) is 0 Å². The fourth-order valence-corrected chi connectivity index (χ4v) is 6.48. The molecule has 2 aromatic rings. The smallest absolute Gasteiger partial charge is 0.387 e. The maximum absolute atomic E-state index is 13.4. The fraction of sp³-hybridized carbons (Fsp3) is 0.480. The molecule has 2 aromatic carbocycles. The minimum Gasteiger partial charge on any atom is -0.435 e. The predicted molar refractivity (Wildman–Crippen MR) is 127 cm³/mol. The van der Waals surface area contributed by atoms with Crippen LogP contribution in [0.5, 0.6) is 5.75 Å². The third kappa shape index (κ3) is 5.58. The zero-order chi connectivity index (χ0) is 25.2. The van der Waals surface area contributed by atoms with E-state index in [9.17, 15) is 22.0 Å². The summed E-state index contributed by atoms with van der Waals surface area (Å²) < 4.78 is 57.7. The molecule has 34 heavy (non-hydrogen) atoms. The fourth-order valence-electron chi connectivity index (χ4n) is 4.43. The van der Waals surface area contributed by atoms with E-state index < -0.39 is 22.7 Å². The average Bonchev–Trinajstić information content (AvgIpc) is 2.77. The van der Waals surface area contributed by atoms with Gasteiger partial charge in [-0.1, -0.05) is 18.2 Å². The largest absolute Gasteiger partial charge is 0.435 e. The zero-order valence-electron chi connectivity index (χ0n) is 20.2. The van der Waals surface area contributed by atoms with Gasteiger partial charge in [-0.25, -0.2) is 8.42 Å². The first-order valence-corrected chi connectivity index (χ1v) is 12.8. The summed E-state index contributed by atoms with van der Waals surface area (Å²) in [7, 11) is -3.67. The summed E-state index contributed by atoms with van der Waals surface area (Å²) >= 11 is 0. The lowest BCUT2D eigenvalue weighted by atomic mass is 9.96. The van der Waals surface area contributed by atoms with Crippen molar-refractivity contribution in [2.24, 2.45) is 5.92 Å². The molecule has 3 rings (SSSR count). The van der Waals surface area contributed by atoms with Crippen LogP contribution in [0.25, 0.3) is 0 Å². The van der Waals surface area contributed by atoms with E-state index in [4.69, 9.17) is 0 Å².